The Morgan fingerprint density at radius 2 is 1.78 bits per heavy atom. The van der Waals surface area contributed by atoms with Crippen molar-refractivity contribution in [3.8, 4) is 0 Å². The summed E-state index contributed by atoms with van der Waals surface area (Å²) < 4.78 is 52.0. The molecule has 1 radical (unpaired) electrons. The molecular weight excluding hydrogens is 310 g/mol. The Bertz CT molecular complexity index is 752. The topological polar surface area (TPSA) is 20.3 Å². The van der Waals surface area contributed by atoms with Crippen LogP contribution in [-0.2, 0) is 17.5 Å². The van der Waals surface area contributed by atoms with E-state index in [0.717, 1.165) is 12.1 Å². The predicted molar refractivity (Wildman–Crippen MR) is 75.6 cm³/mol. The largest absolute Gasteiger partial charge is 0.416 e. The number of benzene rings is 2. The monoisotopic (exact) mass is 322 g/mol. The second-order valence-corrected chi connectivity index (χ2v) is 5.39. The van der Waals surface area contributed by atoms with Crippen molar-refractivity contribution in [2.45, 2.75) is 18.8 Å². The molecule has 0 saturated heterocycles. The van der Waals surface area contributed by atoms with Gasteiger partial charge in [0.2, 0.25) is 5.91 Å². The van der Waals surface area contributed by atoms with Crippen LogP contribution >= 0.6 is 0 Å². The molecule has 1 amide bonds. The molecule has 1 atom stereocenters. The highest BCUT2D eigenvalue weighted by Crippen LogP contribution is 2.41. The molecular formula is C17H12F4NO. The SMILES string of the molecule is [CH2]C(=O)N1Cc2ccc(C(F)(F)F)cc2C1c1ccc(F)cc1. The normalized spacial score (nSPS) is 17.3. The standard InChI is InChI=1S/C17H12F4NO/c1-10(23)22-9-12-2-5-13(17(19,20)21)8-15(12)16(22)11-3-6-14(18)7-4-11/h2-8,16H,1,9H2. The summed E-state index contributed by atoms with van der Waals surface area (Å²) in [6, 6.07) is 8.08. The Balaban J connectivity index is 2.13. The van der Waals surface area contributed by atoms with Crippen LogP contribution in [0.1, 0.15) is 28.3 Å². The number of halogens is 4. The predicted octanol–water partition coefficient (Wildman–Crippen LogP) is 4.11. The maximum absolute atomic E-state index is 13.1. The van der Waals surface area contributed by atoms with Crippen molar-refractivity contribution in [2.24, 2.45) is 0 Å². The molecule has 3 rings (SSSR count). The van der Waals surface area contributed by atoms with Gasteiger partial charge < -0.3 is 4.90 Å². The van der Waals surface area contributed by atoms with E-state index in [2.05, 4.69) is 6.92 Å². The molecule has 1 aliphatic rings. The average Bonchev–Trinajstić information content (AvgIpc) is 2.86. The van der Waals surface area contributed by atoms with Gasteiger partial charge in [-0.3, -0.25) is 4.79 Å². The summed E-state index contributed by atoms with van der Waals surface area (Å²) in [7, 11) is 0. The molecule has 0 spiro atoms. The molecule has 2 nitrogen and oxygen atoms in total. The molecule has 0 saturated carbocycles. The zero-order valence-corrected chi connectivity index (χ0v) is 11.9. The first-order chi connectivity index (χ1) is 10.8. The third kappa shape index (κ3) is 2.81. The van der Waals surface area contributed by atoms with E-state index in [9.17, 15) is 22.4 Å². The molecule has 119 valence electrons. The number of carbonyl (C=O) groups excluding carboxylic acids is 1. The minimum Gasteiger partial charge on any atom is -0.327 e. The summed E-state index contributed by atoms with van der Waals surface area (Å²) in [6.07, 6.45) is -4.47. The van der Waals surface area contributed by atoms with Gasteiger partial charge in [0.05, 0.1) is 11.6 Å². The molecule has 0 aliphatic carbocycles. The van der Waals surface area contributed by atoms with E-state index >= 15 is 0 Å². The molecule has 2 aromatic rings. The lowest BCUT2D eigenvalue weighted by molar-refractivity contribution is -0.137. The lowest BCUT2D eigenvalue weighted by atomic mass is 9.96. The van der Waals surface area contributed by atoms with Crippen molar-refractivity contribution in [2.75, 3.05) is 0 Å². The molecule has 0 fully saturated rings. The number of nitrogens with zero attached hydrogens (tertiary/aromatic N) is 1. The van der Waals surface area contributed by atoms with Crippen molar-refractivity contribution < 1.29 is 22.4 Å². The van der Waals surface area contributed by atoms with Crippen LogP contribution in [0.5, 0.6) is 0 Å². The summed E-state index contributed by atoms with van der Waals surface area (Å²) in [5, 5.41) is 0. The number of fused-ring (bicyclic) bond motifs is 1. The van der Waals surface area contributed by atoms with Gasteiger partial charge in [0, 0.05) is 13.5 Å². The number of hydrogen-bond acceptors (Lipinski definition) is 1. The van der Waals surface area contributed by atoms with E-state index in [-0.39, 0.29) is 6.54 Å². The van der Waals surface area contributed by atoms with Crippen molar-refractivity contribution >= 4 is 5.91 Å². The Labute approximate surface area is 130 Å². The van der Waals surface area contributed by atoms with Crippen molar-refractivity contribution in [3.05, 3.63) is 77.5 Å². The molecule has 23 heavy (non-hydrogen) atoms. The number of carbonyl (C=O) groups is 1. The lowest BCUT2D eigenvalue weighted by Crippen LogP contribution is -2.28. The number of amides is 1. The third-order valence-corrected chi connectivity index (χ3v) is 3.93. The molecule has 1 aliphatic heterocycles. The molecule has 0 aromatic heterocycles. The number of rotatable bonds is 1. The van der Waals surface area contributed by atoms with Crippen molar-refractivity contribution in [1.29, 1.82) is 0 Å². The first-order valence-electron chi connectivity index (χ1n) is 6.85. The van der Waals surface area contributed by atoms with E-state index in [4.69, 9.17) is 0 Å². The van der Waals surface area contributed by atoms with E-state index in [0.29, 0.717) is 16.7 Å². The molecule has 1 unspecified atom stereocenters. The summed E-state index contributed by atoms with van der Waals surface area (Å²) in [4.78, 5) is 13.1. The van der Waals surface area contributed by atoms with Gasteiger partial charge in [-0.25, -0.2) is 4.39 Å². The highest BCUT2D eigenvalue weighted by atomic mass is 19.4. The van der Waals surface area contributed by atoms with Crippen LogP contribution in [0.4, 0.5) is 17.6 Å². The summed E-state index contributed by atoms with van der Waals surface area (Å²) in [5.74, 6) is -0.951. The molecule has 0 bridgehead atoms. The maximum Gasteiger partial charge on any atom is 0.416 e. The number of hydrogen-bond donors (Lipinski definition) is 0. The lowest BCUT2D eigenvalue weighted by Gasteiger charge is -2.24. The fraction of sp³-hybridized carbons (Fsp3) is 0.176. The van der Waals surface area contributed by atoms with Crippen LogP contribution in [0.3, 0.4) is 0 Å². The first-order valence-corrected chi connectivity index (χ1v) is 6.85. The number of alkyl halides is 3. The molecule has 0 N–H and O–H groups in total. The van der Waals surface area contributed by atoms with Crippen LogP contribution in [0, 0.1) is 12.7 Å². The van der Waals surface area contributed by atoms with Crippen molar-refractivity contribution in [3.63, 3.8) is 0 Å². The second-order valence-electron chi connectivity index (χ2n) is 5.39. The van der Waals surface area contributed by atoms with Gasteiger partial charge in [-0.1, -0.05) is 18.2 Å². The fourth-order valence-electron chi connectivity index (χ4n) is 2.85. The highest BCUT2D eigenvalue weighted by Gasteiger charge is 2.37. The summed E-state index contributed by atoms with van der Waals surface area (Å²) >= 11 is 0. The van der Waals surface area contributed by atoms with E-state index < -0.39 is 29.5 Å². The zero-order valence-electron chi connectivity index (χ0n) is 11.9. The van der Waals surface area contributed by atoms with Gasteiger partial charge in [-0.2, -0.15) is 13.2 Å². The van der Waals surface area contributed by atoms with Gasteiger partial charge >= 0.3 is 6.18 Å². The van der Waals surface area contributed by atoms with Gasteiger partial charge in [0.15, 0.2) is 0 Å². The third-order valence-electron chi connectivity index (χ3n) is 3.93. The highest BCUT2D eigenvalue weighted by molar-refractivity contribution is 5.82. The second kappa shape index (κ2) is 5.37. The van der Waals surface area contributed by atoms with Gasteiger partial charge in [0.1, 0.15) is 5.82 Å². The Hall–Kier alpha value is -2.37. The quantitative estimate of drug-likeness (QED) is 0.724. The summed E-state index contributed by atoms with van der Waals surface area (Å²) in [6.45, 7) is 3.54. The Morgan fingerprint density at radius 1 is 1.13 bits per heavy atom. The minimum atomic E-state index is -4.47. The van der Waals surface area contributed by atoms with E-state index in [1.54, 1.807) is 0 Å². The van der Waals surface area contributed by atoms with Crippen LogP contribution in [0.15, 0.2) is 42.5 Å². The Kier molecular flexibility index (Phi) is 3.62. The van der Waals surface area contributed by atoms with Crippen LogP contribution < -0.4 is 0 Å². The first kappa shape index (κ1) is 15.5. The fourth-order valence-corrected chi connectivity index (χ4v) is 2.85. The molecule has 1 heterocycles. The Morgan fingerprint density at radius 3 is 2.35 bits per heavy atom. The zero-order chi connectivity index (χ0) is 16.8. The van der Waals surface area contributed by atoms with Gasteiger partial charge in [-0.05, 0) is 41.0 Å². The molecule has 6 heteroatoms. The smallest absolute Gasteiger partial charge is 0.327 e. The summed E-state index contributed by atoms with van der Waals surface area (Å²) in [5.41, 5.74) is 0.788. The molecule has 2 aromatic carbocycles. The van der Waals surface area contributed by atoms with E-state index in [1.165, 1.54) is 35.2 Å². The van der Waals surface area contributed by atoms with Crippen LogP contribution in [0.2, 0.25) is 0 Å². The van der Waals surface area contributed by atoms with Crippen LogP contribution in [-0.4, -0.2) is 10.8 Å². The maximum atomic E-state index is 13.1. The van der Waals surface area contributed by atoms with Crippen LogP contribution in [0.25, 0.3) is 0 Å². The van der Waals surface area contributed by atoms with E-state index in [1.807, 2.05) is 0 Å². The van der Waals surface area contributed by atoms with Crippen molar-refractivity contribution in [1.82, 2.24) is 4.90 Å². The van der Waals surface area contributed by atoms with Gasteiger partial charge in [0.25, 0.3) is 0 Å². The minimum absolute atomic E-state index is 0.178. The van der Waals surface area contributed by atoms with Gasteiger partial charge in [-0.15, -0.1) is 0 Å². The average molecular weight is 322 g/mol.